The molecule has 4 aromatic rings. The Morgan fingerprint density at radius 2 is 1.72 bits per heavy atom. The summed E-state index contributed by atoms with van der Waals surface area (Å²) in [6.45, 7) is 8.02. The van der Waals surface area contributed by atoms with Crippen molar-refractivity contribution in [2.45, 2.75) is 64.8 Å². The topological polar surface area (TPSA) is 126 Å². The molecule has 2 N–H and O–H groups in total. The predicted molar refractivity (Wildman–Crippen MR) is 186 cm³/mol. The smallest absolute Gasteiger partial charge is 0.408 e. The number of nitrogens with zero attached hydrogens (tertiary/aromatic N) is 3. The Balaban J connectivity index is 1.66. The number of aromatic nitrogens is 1. The molecule has 0 saturated carbocycles. The maximum atomic E-state index is 14.5. The zero-order valence-corrected chi connectivity index (χ0v) is 28.0. The molecule has 246 valence electrons. The summed E-state index contributed by atoms with van der Waals surface area (Å²) < 4.78 is 11.0. The number of ether oxygens (including phenoxy) is 1. The second-order valence-corrected chi connectivity index (χ2v) is 12.3. The first-order valence-corrected chi connectivity index (χ1v) is 16.0. The largest absolute Gasteiger partial charge is 0.464 e. The molecule has 2 heterocycles. The van der Waals surface area contributed by atoms with Crippen LogP contribution >= 0.6 is 12.2 Å². The highest BCUT2D eigenvalue weighted by atomic mass is 32.1. The van der Waals surface area contributed by atoms with Gasteiger partial charge in [0.2, 0.25) is 11.8 Å². The Morgan fingerprint density at radius 1 is 0.979 bits per heavy atom. The van der Waals surface area contributed by atoms with Gasteiger partial charge in [0.25, 0.3) is 0 Å². The van der Waals surface area contributed by atoms with Gasteiger partial charge in [-0.25, -0.2) is 4.79 Å². The molecule has 2 aromatic heterocycles. The summed E-state index contributed by atoms with van der Waals surface area (Å²) in [7, 11) is 0. The molecule has 0 spiro atoms. The van der Waals surface area contributed by atoms with Gasteiger partial charge in [-0.1, -0.05) is 54.7 Å². The van der Waals surface area contributed by atoms with E-state index in [0.717, 1.165) is 27.7 Å². The van der Waals surface area contributed by atoms with Gasteiger partial charge in [-0.15, -0.1) is 0 Å². The van der Waals surface area contributed by atoms with Gasteiger partial charge >= 0.3 is 6.09 Å². The zero-order valence-electron chi connectivity index (χ0n) is 27.1. The van der Waals surface area contributed by atoms with Crippen molar-refractivity contribution in [1.82, 2.24) is 20.5 Å². The van der Waals surface area contributed by atoms with Gasteiger partial charge < -0.3 is 24.7 Å². The first-order chi connectivity index (χ1) is 22.5. The first-order valence-electron chi connectivity index (χ1n) is 15.5. The van der Waals surface area contributed by atoms with E-state index in [9.17, 15) is 14.4 Å². The van der Waals surface area contributed by atoms with Gasteiger partial charge in [-0.2, -0.15) is 0 Å². The number of rotatable bonds is 14. The van der Waals surface area contributed by atoms with Crippen LogP contribution in [0, 0.1) is 0 Å². The second-order valence-electron chi connectivity index (χ2n) is 12.1. The average molecular weight is 656 g/mol. The fraction of sp³-hybridized carbons (Fsp3) is 0.333. The lowest BCUT2D eigenvalue weighted by Crippen LogP contribution is -2.56. The summed E-state index contributed by atoms with van der Waals surface area (Å²) in [4.78, 5) is 51.6. The van der Waals surface area contributed by atoms with Crippen molar-refractivity contribution in [1.29, 1.82) is 0 Å². The fourth-order valence-corrected chi connectivity index (χ4v) is 5.18. The number of aliphatic imine (C=N–C) groups is 1. The van der Waals surface area contributed by atoms with E-state index >= 15 is 0 Å². The van der Waals surface area contributed by atoms with Crippen molar-refractivity contribution in [3.63, 3.8) is 0 Å². The summed E-state index contributed by atoms with van der Waals surface area (Å²) >= 11 is 5.24. The Morgan fingerprint density at radius 3 is 2.40 bits per heavy atom. The van der Waals surface area contributed by atoms with Crippen LogP contribution in [0.5, 0.6) is 0 Å². The zero-order chi connectivity index (χ0) is 33.8. The quantitative estimate of drug-likeness (QED) is 0.136. The fourth-order valence-electron chi connectivity index (χ4n) is 5.03. The van der Waals surface area contributed by atoms with Crippen LogP contribution in [0.1, 0.15) is 44.4 Å². The Hall–Kier alpha value is -4.90. The van der Waals surface area contributed by atoms with Crippen LogP contribution in [0.25, 0.3) is 11.0 Å². The van der Waals surface area contributed by atoms with E-state index in [-0.39, 0.29) is 31.8 Å². The van der Waals surface area contributed by atoms with E-state index in [1.165, 1.54) is 5.37 Å². The number of furan rings is 1. The number of amides is 3. The normalized spacial score (nSPS) is 13.0. The molecule has 47 heavy (non-hydrogen) atoms. The lowest BCUT2D eigenvalue weighted by Gasteiger charge is -2.30. The Bertz CT molecular complexity index is 1680. The van der Waals surface area contributed by atoms with Crippen LogP contribution in [0.4, 0.5) is 4.79 Å². The number of alkyl carbamates (subject to hydrolysis) is 1. The maximum absolute atomic E-state index is 14.5. The van der Waals surface area contributed by atoms with E-state index in [0.29, 0.717) is 12.3 Å². The average Bonchev–Trinajstić information content (AvgIpc) is 3.51. The van der Waals surface area contributed by atoms with E-state index in [2.05, 4.69) is 20.6 Å². The molecule has 0 unspecified atom stereocenters. The minimum Gasteiger partial charge on any atom is -0.464 e. The molecule has 0 bridgehead atoms. The molecule has 0 fully saturated rings. The molecule has 0 aliphatic rings. The number of pyridine rings is 1. The predicted octanol–water partition coefficient (Wildman–Crippen LogP) is 5.48. The molecular weight excluding hydrogens is 614 g/mol. The summed E-state index contributed by atoms with van der Waals surface area (Å²) in [6.07, 6.45) is 4.48. The van der Waals surface area contributed by atoms with Crippen molar-refractivity contribution < 1.29 is 23.5 Å². The highest BCUT2D eigenvalue weighted by Gasteiger charge is 2.31. The highest BCUT2D eigenvalue weighted by Crippen LogP contribution is 2.19. The summed E-state index contributed by atoms with van der Waals surface area (Å²) in [5.74, 6) is -0.862. The number of fused-ring (bicyclic) bond motifs is 1. The number of carbonyl (C=O) groups excluding carboxylic acids is 3. The van der Waals surface area contributed by atoms with Gasteiger partial charge in [0.05, 0.1) is 18.5 Å². The third-order valence-corrected chi connectivity index (χ3v) is 7.39. The monoisotopic (exact) mass is 655 g/mol. The van der Waals surface area contributed by atoms with Crippen molar-refractivity contribution >= 4 is 52.2 Å². The molecule has 0 radical (unpaired) electrons. The minimum absolute atomic E-state index is 0.137. The van der Waals surface area contributed by atoms with Crippen LogP contribution < -0.4 is 10.6 Å². The molecule has 11 heteroatoms. The molecule has 0 saturated heterocycles. The van der Waals surface area contributed by atoms with Crippen LogP contribution in [-0.2, 0) is 33.7 Å². The van der Waals surface area contributed by atoms with Crippen molar-refractivity contribution in [3.8, 4) is 0 Å². The molecule has 3 amide bonds. The SMILES string of the molecule is CCN=C(C=S)CN(Cc1ccc2occc2c1)C(=O)[C@H](Cc1ccccc1)NC(=O)[C@H](Cc1cccnc1)NC(=O)OC(C)(C)C. The third kappa shape index (κ3) is 10.8. The third-order valence-electron chi connectivity index (χ3n) is 7.12. The molecule has 4 rings (SSSR count). The Labute approximate surface area is 280 Å². The van der Waals surface area contributed by atoms with Gasteiger partial charge in [0, 0.05) is 49.1 Å². The van der Waals surface area contributed by atoms with Crippen LogP contribution in [0.2, 0.25) is 0 Å². The summed E-state index contributed by atoms with van der Waals surface area (Å²) in [6, 6.07) is 18.6. The van der Waals surface area contributed by atoms with Gasteiger partial charge in [0.1, 0.15) is 23.3 Å². The number of benzene rings is 2. The van der Waals surface area contributed by atoms with Gasteiger partial charge in [0.15, 0.2) is 0 Å². The van der Waals surface area contributed by atoms with E-state index < -0.39 is 29.7 Å². The number of hydrogen-bond acceptors (Lipinski definition) is 8. The molecule has 0 aliphatic heterocycles. The van der Waals surface area contributed by atoms with E-state index in [1.807, 2.05) is 67.6 Å². The van der Waals surface area contributed by atoms with Crippen molar-refractivity contribution in [2.24, 2.45) is 4.99 Å². The maximum Gasteiger partial charge on any atom is 0.408 e. The standard InChI is InChI=1S/C36H41N5O5S/c1-5-38-29(24-47)23-41(22-27-13-14-32-28(18-27)15-17-45-32)34(43)31(19-25-10-7-6-8-11-25)39-33(42)30(20-26-12-9-16-37-21-26)40-35(44)46-36(2,3)4/h6-18,21,24,30-31H,5,19-20,22-23H2,1-4H3,(H,39,42)(H,40,44)/t30-,31-/m0/s1. The number of carbonyl (C=O) groups is 3. The Kier molecular flexibility index (Phi) is 12.3. The highest BCUT2D eigenvalue weighted by molar-refractivity contribution is 7.80. The molecule has 2 aromatic carbocycles. The lowest BCUT2D eigenvalue weighted by atomic mass is 10.0. The van der Waals surface area contributed by atoms with Gasteiger partial charge in [-0.3, -0.25) is 19.6 Å². The lowest BCUT2D eigenvalue weighted by molar-refractivity contribution is -0.136. The number of nitrogens with one attached hydrogen (secondary N) is 2. The number of hydrogen-bond donors (Lipinski definition) is 2. The second kappa shape index (κ2) is 16.6. The van der Waals surface area contributed by atoms with Gasteiger partial charge in [-0.05, 0) is 68.7 Å². The first kappa shape index (κ1) is 35.0. The van der Waals surface area contributed by atoms with Crippen molar-refractivity contribution in [2.75, 3.05) is 13.1 Å². The molecule has 2 atom stereocenters. The van der Waals surface area contributed by atoms with Crippen LogP contribution in [0.15, 0.2) is 94.8 Å². The minimum atomic E-state index is -1.05. The molecule has 10 nitrogen and oxygen atoms in total. The summed E-state index contributed by atoms with van der Waals surface area (Å²) in [5.41, 5.74) is 3.00. The summed E-state index contributed by atoms with van der Waals surface area (Å²) in [5, 5.41) is 8.04. The van der Waals surface area contributed by atoms with E-state index in [1.54, 1.807) is 50.4 Å². The van der Waals surface area contributed by atoms with E-state index in [4.69, 9.17) is 21.4 Å². The van der Waals surface area contributed by atoms with Crippen LogP contribution in [-0.4, -0.2) is 69.6 Å². The van der Waals surface area contributed by atoms with Crippen LogP contribution in [0.3, 0.4) is 0 Å². The number of thiocarbonyl (C=S) groups is 1. The molecule has 0 aliphatic carbocycles. The molecular formula is C36H41N5O5S. The van der Waals surface area contributed by atoms with Crippen molar-refractivity contribution in [3.05, 3.63) is 102 Å².